The summed E-state index contributed by atoms with van der Waals surface area (Å²) in [6.45, 7) is 0.293. The van der Waals surface area contributed by atoms with Crippen molar-refractivity contribution in [3.05, 3.63) is 51.9 Å². The highest BCUT2D eigenvalue weighted by Crippen LogP contribution is 2.29. The maximum Gasteiger partial charge on any atom is 0.433 e. The van der Waals surface area contributed by atoms with E-state index in [4.69, 9.17) is 23.2 Å². The SMILES string of the molecule is FC(F)(F)c1cc(NCc2ccc(Cl)cc2)nc(Cl)n1. The molecule has 0 aliphatic heterocycles. The Morgan fingerprint density at radius 2 is 1.70 bits per heavy atom. The first kappa shape index (κ1) is 14.9. The van der Waals surface area contributed by atoms with E-state index >= 15 is 0 Å². The molecule has 0 atom stereocenters. The maximum atomic E-state index is 12.6. The van der Waals surface area contributed by atoms with E-state index in [-0.39, 0.29) is 5.82 Å². The van der Waals surface area contributed by atoms with E-state index in [9.17, 15) is 13.2 Å². The van der Waals surface area contributed by atoms with Gasteiger partial charge < -0.3 is 5.32 Å². The molecular weight excluding hydrogens is 314 g/mol. The third-order valence-corrected chi connectivity index (χ3v) is 2.80. The third-order valence-electron chi connectivity index (χ3n) is 2.38. The summed E-state index contributed by atoms with van der Waals surface area (Å²) in [7, 11) is 0. The highest BCUT2D eigenvalue weighted by molar-refractivity contribution is 6.30. The number of halogens is 5. The van der Waals surface area contributed by atoms with Crippen molar-refractivity contribution < 1.29 is 13.2 Å². The summed E-state index contributed by atoms with van der Waals surface area (Å²) in [4.78, 5) is 6.84. The highest BCUT2D eigenvalue weighted by atomic mass is 35.5. The van der Waals surface area contributed by atoms with Gasteiger partial charge in [0.1, 0.15) is 5.82 Å². The van der Waals surface area contributed by atoms with Gasteiger partial charge >= 0.3 is 6.18 Å². The van der Waals surface area contributed by atoms with Crippen molar-refractivity contribution in [3.63, 3.8) is 0 Å². The standard InChI is InChI=1S/C12H8Cl2F3N3/c13-8-3-1-7(2-4-8)6-18-10-5-9(12(15,16)17)19-11(14)20-10/h1-5H,6H2,(H,18,19,20). The Balaban J connectivity index is 2.13. The summed E-state index contributed by atoms with van der Waals surface area (Å²) in [5, 5.41) is 2.88. The zero-order valence-electron chi connectivity index (χ0n) is 9.88. The predicted molar refractivity (Wildman–Crippen MR) is 70.8 cm³/mol. The first-order chi connectivity index (χ1) is 9.34. The lowest BCUT2D eigenvalue weighted by Crippen LogP contribution is -2.11. The maximum absolute atomic E-state index is 12.6. The molecule has 0 spiro atoms. The lowest BCUT2D eigenvalue weighted by atomic mass is 10.2. The summed E-state index contributed by atoms with van der Waals surface area (Å²) < 4.78 is 37.7. The molecule has 1 heterocycles. The first-order valence-corrected chi connectivity index (χ1v) is 6.20. The van der Waals surface area contributed by atoms with Gasteiger partial charge in [-0.2, -0.15) is 13.2 Å². The molecule has 1 N–H and O–H groups in total. The number of aromatic nitrogens is 2. The summed E-state index contributed by atoms with van der Waals surface area (Å²) in [5.41, 5.74) is -0.242. The molecule has 0 fully saturated rings. The van der Waals surface area contributed by atoms with Gasteiger partial charge in [-0.1, -0.05) is 23.7 Å². The minimum atomic E-state index is -4.57. The molecule has 0 amide bonds. The Labute approximate surface area is 122 Å². The largest absolute Gasteiger partial charge is 0.433 e. The van der Waals surface area contributed by atoms with E-state index < -0.39 is 17.2 Å². The third kappa shape index (κ3) is 3.98. The fourth-order valence-corrected chi connectivity index (χ4v) is 1.76. The van der Waals surface area contributed by atoms with Crippen LogP contribution in [-0.2, 0) is 12.7 Å². The van der Waals surface area contributed by atoms with Crippen molar-refractivity contribution in [2.24, 2.45) is 0 Å². The molecule has 3 nitrogen and oxygen atoms in total. The Hall–Kier alpha value is -1.53. The van der Waals surface area contributed by atoms with Crippen LogP contribution in [0.15, 0.2) is 30.3 Å². The van der Waals surface area contributed by atoms with Crippen LogP contribution in [-0.4, -0.2) is 9.97 Å². The monoisotopic (exact) mass is 321 g/mol. The molecule has 8 heteroatoms. The number of hydrogen-bond acceptors (Lipinski definition) is 3. The van der Waals surface area contributed by atoms with Crippen molar-refractivity contribution in [1.29, 1.82) is 0 Å². The van der Waals surface area contributed by atoms with Crippen molar-refractivity contribution in [1.82, 2.24) is 9.97 Å². The van der Waals surface area contributed by atoms with Gasteiger partial charge in [-0.25, -0.2) is 9.97 Å². The van der Waals surface area contributed by atoms with Crippen molar-refractivity contribution in [2.45, 2.75) is 12.7 Å². The van der Waals surface area contributed by atoms with E-state index in [1.165, 1.54) is 0 Å². The molecule has 0 unspecified atom stereocenters. The summed E-state index contributed by atoms with van der Waals surface area (Å²) >= 11 is 11.2. The van der Waals surface area contributed by atoms with Gasteiger partial charge in [0.05, 0.1) is 0 Å². The molecule has 0 aliphatic rings. The van der Waals surface area contributed by atoms with Crippen LogP contribution in [0.25, 0.3) is 0 Å². The molecule has 2 rings (SSSR count). The Morgan fingerprint density at radius 1 is 1.05 bits per heavy atom. The summed E-state index contributed by atoms with van der Waals surface area (Å²) in [5.74, 6) is 0.00674. The Morgan fingerprint density at radius 3 is 2.30 bits per heavy atom. The van der Waals surface area contributed by atoms with Gasteiger partial charge in [0.25, 0.3) is 0 Å². The number of benzene rings is 1. The van der Waals surface area contributed by atoms with Crippen LogP contribution in [0.2, 0.25) is 10.3 Å². The molecule has 1 aromatic heterocycles. The topological polar surface area (TPSA) is 37.8 Å². The second-order valence-electron chi connectivity index (χ2n) is 3.89. The summed E-state index contributed by atoms with van der Waals surface area (Å²) in [6.07, 6.45) is -4.57. The van der Waals surface area contributed by atoms with Crippen LogP contribution >= 0.6 is 23.2 Å². The van der Waals surface area contributed by atoms with Gasteiger partial charge in [-0.05, 0) is 29.3 Å². The number of rotatable bonds is 3. The van der Waals surface area contributed by atoms with Gasteiger partial charge in [-0.15, -0.1) is 0 Å². The van der Waals surface area contributed by atoms with Gasteiger partial charge in [0.2, 0.25) is 5.28 Å². The molecule has 20 heavy (non-hydrogen) atoms. The van der Waals surface area contributed by atoms with E-state index in [0.29, 0.717) is 11.6 Å². The average molecular weight is 322 g/mol. The first-order valence-electron chi connectivity index (χ1n) is 5.45. The van der Waals surface area contributed by atoms with Gasteiger partial charge in [0, 0.05) is 17.6 Å². The Bertz CT molecular complexity index is 600. The highest BCUT2D eigenvalue weighted by Gasteiger charge is 2.33. The van der Waals surface area contributed by atoms with Crippen molar-refractivity contribution >= 4 is 29.0 Å². The predicted octanol–water partition coefficient (Wildman–Crippen LogP) is 4.41. The van der Waals surface area contributed by atoms with Crippen LogP contribution < -0.4 is 5.32 Å². The molecule has 1 aromatic carbocycles. The minimum Gasteiger partial charge on any atom is -0.366 e. The van der Waals surface area contributed by atoms with Crippen molar-refractivity contribution in [2.75, 3.05) is 5.32 Å². The molecule has 0 radical (unpaired) electrons. The van der Waals surface area contributed by atoms with E-state index in [0.717, 1.165) is 11.6 Å². The smallest absolute Gasteiger partial charge is 0.366 e. The molecule has 106 valence electrons. The van der Waals surface area contributed by atoms with Crippen LogP contribution in [0.3, 0.4) is 0 Å². The van der Waals surface area contributed by atoms with E-state index in [1.54, 1.807) is 24.3 Å². The lowest BCUT2D eigenvalue weighted by Gasteiger charge is -2.10. The van der Waals surface area contributed by atoms with E-state index in [1.807, 2.05) is 0 Å². The molecule has 0 saturated heterocycles. The average Bonchev–Trinajstić information content (AvgIpc) is 2.36. The molecule has 0 aliphatic carbocycles. The second kappa shape index (κ2) is 5.85. The number of nitrogens with zero attached hydrogens (tertiary/aromatic N) is 2. The Kier molecular flexibility index (Phi) is 4.35. The van der Waals surface area contributed by atoms with Crippen molar-refractivity contribution in [3.8, 4) is 0 Å². The number of nitrogens with one attached hydrogen (secondary N) is 1. The molecule has 0 saturated carbocycles. The zero-order valence-corrected chi connectivity index (χ0v) is 11.4. The van der Waals surface area contributed by atoms with Gasteiger partial charge in [0.15, 0.2) is 5.69 Å². The van der Waals surface area contributed by atoms with Crippen LogP contribution in [0.4, 0.5) is 19.0 Å². The minimum absolute atomic E-state index is 0.00674. The fourth-order valence-electron chi connectivity index (χ4n) is 1.45. The number of alkyl halides is 3. The fraction of sp³-hybridized carbons (Fsp3) is 0.167. The van der Waals surface area contributed by atoms with Crippen LogP contribution in [0.1, 0.15) is 11.3 Å². The molecule has 2 aromatic rings. The van der Waals surface area contributed by atoms with Crippen LogP contribution in [0, 0.1) is 0 Å². The van der Waals surface area contributed by atoms with Crippen LogP contribution in [0.5, 0.6) is 0 Å². The second-order valence-corrected chi connectivity index (χ2v) is 4.66. The van der Waals surface area contributed by atoms with Gasteiger partial charge in [-0.3, -0.25) is 0 Å². The normalized spacial score (nSPS) is 11.4. The van der Waals surface area contributed by atoms with E-state index in [2.05, 4.69) is 15.3 Å². The lowest BCUT2D eigenvalue weighted by molar-refractivity contribution is -0.141. The summed E-state index contributed by atoms with van der Waals surface area (Å²) in [6, 6.07) is 7.69. The molecule has 0 bridgehead atoms. The number of anilines is 1. The zero-order chi connectivity index (χ0) is 14.8. The molecular formula is C12H8Cl2F3N3. The number of hydrogen-bond donors (Lipinski definition) is 1. The quantitative estimate of drug-likeness (QED) is 0.851.